The van der Waals surface area contributed by atoms with Crippen LogP contribution < -0.4 is 5.32 Å². The van der Waals surface area contributed by atoms with Gasteiger partial charge in [0.15, 0.2) is 0 Å². The lowest BCUT2D eigenvalue weighted by atomic mass is 10.1. The van der Waals surface area contributed by atoms with Gasteiger partial charge in [0.05, 0.1) is 6.54 Å². The van der Waals surface area contributed by atoms with Crippen LogP contribution in [0, 0.1) is 0 Å². The predicted octanol–water partition coefficient (Wildman–Crippen LogP) is 0.217. The Labute approximate surface area is 67.8 Å². The molecule has 0 saturated carbocycles. The van der Waals surface area contributed by atoms with E-state index in [0.29, 0.717) is 6.54 Å². The van der Waals surface area contributed by atoms with E-state index in [0.717, 1.165) is 13.1 Å². The summed E-state index contributed by atoms with van der Waals surface area (Å²) in [6.45, 7) is 8.69. The Kier molecular flexibility index (Phi) is 2.18. The van der Waals surface area contributed by atoms with E-state index in [4.69, 9.17) is 0 Å². The normalized spacial score (nSPS) is 21.5. The second-order valence-electron chi connectivity index (χ2n) is 3.94. The summed E-state index contributed by atoms with van der Waals surface area (Å²) >= 11 is 0. The number of carbonyl (C=O) groups excluding carboxylic acids is 1. The van der Waals surface area contributed by atoms with Gasteiger partial charge in [-0.05, 0) is 20.8 Å². The van der Waals surface area contributed by atoms with Crippen LogP contribution in [0.3, 0.4) is 0 Å². The largest absolute Gasteiger partial charge is 0.354 e. The Balaban J connectivity index is 2.53. The van der Waals surface area contributed by atoms with Gasteiger partial charge in [0.1, 0.15) is 0 Å². The second kappa shape index (κ2) is 2.81. The van der Waals surface area contributed by atoms with Gasteiger partial charge in [-0.15, -0.1) is 0 Å². The van der Waals surface area contributed by atoms with Crippen LogP contribution in [-0.4, -0.2) is 36.0 Å². The van der Waals surface area contributed by atoms with E-state index >= 15 is 0 Å². The van der Waals surface area contributed by atoms with Crippen molar-refractivity contribution in [2.45, 2.75) is 26.3 Å². The summed E-state index contributed by atoms with van der Waals surface area (Å²) in [5, 5.41) is 2.80. The zero-order chi connectivity index (χ0) is 8.48. The van der Waals surface area contributed by atoms with Gasteiger partial charge in [0, 0.05) is 18.6 Å². The van der Waals surface area contributed by atoms with Crippen LogP contribution >= 0.6 is 0 Å². The van der Waals surface area contributed by atoms with Crippen molar-refractivity contribution < 1.29 is 4.79 Å². The van der Waals surface area contributed by atoms with Gasteiger partial charge in [-0.1, -0.05) is 0 Å². The van der Waals surface area contributed by atoms with Gasteiger partial charge in [0.2, 0.25) is 5.91 Å². The molecular formula is C8H16N2O. The average molecular weight is 156 g/mol. The fourth-order valence-electron chi connectivity index (χ4n) is 1.21. The van der Waals surface area contributed by atoms with E-state index < -0.39 is 0 Å². The van der Waals surface area contributed by atoms with Crippen LogP contribution in [0.5, 0.6) is 0 Å². The highest BCUT2D eigenvalue weighted by Gasteiger charge is 2.25. The summed E-state index contributed by atoms with van der Waals surface area (Å²) in [6, 6.07) is 0. The number of piperazine rings is 1. The Hall–Kier alpha value is -0.570. The van der Waals surface area contributed by atoms with Crippen LogP contribution in [0.2, 0.25) is 0 Å². The first-order valence-corrected chi connectivity index (χ1v) is 4.02. The van der Waals surface area contributed by atoms with Crippen molar-refractivity contribution in [2.75, 3.05) is 19.6 Å². The number of carbonyl (C=O) groups is 1. The Bertz CT molecular complexity index is 160. The van der Waals surface area contributed by atoms with Crippen molar-refractivity contribution in [3.05, 3.63) is 0 Å². The highest BCUT2D eigenvalue weighted by atomic mass is 16.2. The first-order valence-electron chi connectivity index (χ1n) is 4.02. The number of nitrogens with one attached hydrogen (secondary N) is 1. The quantitative estimate of drug-likeness (QED) is 0.544. The molecular weight excluding hydrogens is 140 g/mol. The van der Waals surface area contributed by atoms with Crippen molar-refractivity contribution in [2.24, 2.45) is 0 Å². The third-order valence-corrected chi connectivity index (χ3v) is 1.99. The van der Waals surface area contributed by atoms with Gasteiger partial charge in [0.25, 0.3) is 0 Å². The molecule has 0 aromatic heterocycles. The number of hydrogen-bond acceptors (Lipinski definition) is 2. The molecule has 1 rings (SSSR count). The molecule has 1 saturated heterocycles. The minimum absolute atomic E-state index is 0.123. The highest BCUT2D eigenvalue weighted by molar-refractivity contribution is 5.78. The van der Waals surface area contributed by atoms with Crippen molar-refractivity contribution in [3.63, 3.8) is 0 Å². The van der Waals surface area contributed by atoms with Crippen LogP contribution in [0.4, 0.5) is 0 Å². The number of nitrogens with zero attached hydrogens (tertiary/aromatic N) is 1. The summed E-state index contributed by atoms with van der Waals surface area (Å²) in [7, 11) is 0. The summed E-state index contributed by atoms with van der Waals surface area (Å²) in [5.74, 6) is 0.145. The molecule has 0 aromatic carbocycles. The molecule has 1 aliphatic rings. The molecule has 1 heterocycles. The minimum atomic E-state index is 0.123. The van der Waals surface area contributed by atoms with Crippen molar-refractivity contribution >= 4 is 5.91 Å². The van der Waals surface area contributed by atoms with E-state index in [1.807, 2.05) is 0 Å². The lowest BCUT2D eigenvalue weighted by Crippen LogP contribution is -2.54. The average Bonchev–Trinajstić information content (AvgIpc) is 1.86. The molecule has 1 amide bonds. The second-order valence-corrected chi connectivity index (χ2v) is 3.94. The minimum Gasteiger partial charge on any atom is -0.354 e. The molecule has 3 heteroatoms. The molecule has 0 spiro atoms. The molecule has 1 aliphatic heterocycles. The van der Waals surface area contributed by atoms with Gasteiger partial charge in [-0.2, -0.15) is 0 Å². The van der Waals surface area contributed by atoms with Crippen molar-refractivity contribution in [1.29, 1.82) is 0 Å². The van der Waals surface area contributed by atoms with Gasteiger partial charge >= 0.3 is 0 Å². The summed E-state index contributed by atoms with van der Waals surface area (Å²) in [4.78, 5) is 13.2. The number of rotatable bonds is 0. The SMILES string of the molecule is CC(C)(C)N1CCNC(=O)C1. The zero-order valence-electron chi connectivity index (χ0n) is 7.48. The summed E-state index contributed by atoms with van der Waals surface area (Å²) in [5.41, 5.74) is 0.123. The Morgan fingerprint density at radius 2 is 2.09 bits per heavy atom. The van der Waals surface area contributed by atoms with E-state index in [1.165, 1.54) is 0 Å². The van der Waals surface area contributed by atoms with E-state index in [9.17, 15) is 4.79 Å². The molecule has 1 N–H and O–H groups in total. The topological polar surface area (TPSA) is 32.3 Å². The van der Waals surface area contributed by atoms with E-state index in [1.54, 1.807) is 0 Å². The standard InChI is InChI=1S/C8H16N2O/c1-8(2,3)10-5-4-9-7(11)6-10/h4-6H2,1-3H3,(H,9,11). The third kappa shape index (κ3) is 2.19. The van der Waals surface area contributed by atoms with Crippen molar-refractivity contribution in [3.8, 4) is 0 Å². The predicted molar refractivity (Wildman–Crippen MR) is 44.3 cm³/mol. The molecule has 64 valence electrons. The number of amides is 1. The van der Waals surface area contributed by atoms with Crippen LogP contribution in [0.15, 0.2) is 0 Å². The van der Waals surface area contributed by atoms with Crippen molar-refractivity contribution in [1.82, 2.24) is 10.2 Å². The van der Waals surface area contributed by atoms with Gasteiger partial charge < -0.3 is 5.32 Å². The van der Waals surface area contributed by atoms with E-state index in [-0.39, 0.29) is 11.4 Å². The molecule has 1 fully saturated rings. The molecule has 3 nitrogen and oxygen atoms in total. The van der Waals surface area contributed by atoms with Crippen LogP contribution in [-0.2, 0) is 4.79 Å². The Morgan fingerprint density at radius 1 is 1.45 bits per heavy atom. The third-order valence-electron chi connectivity index (χ3n) is 1.99. The van der Waals surface area contributed by atoms with Gasteiger partial charge in [-0.3, -0.25) is 9.69 Å². The molecule has 0 radical (unpaired) electrons. The zero-order valence-corrected chi connectivity index (χ0v) is 7.48. The maximum Gasteiger partial charge on any atom is 0.234 e. The first-order chi connectivity index (χ1) is 5.00. The fourth-order valence-corrected chi connectivity index (χ4v) is 1.21. The molecule has 0 atom stereocenters. The van der Waals surface area contributed by atoms with Crippen LogP contribution in [0.1, 0.15) is 20.8 Å². The molecule has 0 unspecified atom stereocenters. The van der Waals surface area contributed by atoms with Crippen LogP contribution in [0.25, 0.3) is 0 Å². The highest BCUT2D eigenvalue weighted by Crippen LogP contribution is 2.12. The first kappa shape index (κ1) is 8.53. The summed E-state index contributed by atoms with van der Waals surface area (Å²) in [6.07, 6.45) is 0. The maximum atomic E-state index is 11.0. The van der Waals surface area contributed by atoms with E-state index in [2.05, 4.69) is 31.0 Å². The van der Waals surface area contributed by atoms with Gasteiger partial charge in [-0.25, -0.2) is 0 Å². The maximum absolute atomic E-state index is 11.0. The summed E-state index contributed by atoms with van der Waals surface area (Å²) < 4.78 is 0. The Morgan fingerprint density at radius 3 is 2.45 bits per heavy atom. The lowest BCUT2D eigenvalue weighted by molar-refractivity contribution is -0.125. The molecule has 0 aliphatic carbocycles. The molecule has 0 bridgehead atoms. The number of hydrogen-bond donors (Lipinski definition) is 1. The fraction of sp³-hybridized carbons (Fsp3) is 0.875. The molecule has 0 aromatic rings. The smallest absolute Gasteiger partial charge is 0.234 e. The monoisotopic (exact) mass is 156 g/mol. The lowest BCUT2D eigenvalue weighted by Gasteiger charge is -2.37. The molecule has 11 heavy (non-hydrogen) atoms.